The number of para-hydroxylation sites is 1. The maximum atomic E-state index is 13.8. The second-order valence-electron chi connectivity index (χ2n) is 9.05. The van der Waals surface area contributed by atoms with Gasteiger partial charge in [0.05, 0.1) is 16.3 Å². The van der Waals surface area contributed by atoms with Gasteiger partial charge in [-0.25, -0.2) is 13.1 Å². The molecule has 3 aromatic rings. The molecule has 1 amide bonds. The second kappa shape index (κ2) is 8.78. The van der Waals surface area contributed by atoms with Crippen LogP contribution in [-0.4, -0.2) is 28.9 Å². The van der Waals surface area contributed by atoms with Crippen molar-refractivity contribution in [2.45, 2.75) is 69.6 Å². The minimum Gasteiger partial charge on any atom is -0.350 e. The summed E-state index contributed by atoms with van der Waals surface area (Å²) >= 11 is 0. The van der Waals surface area contributed by atoms with Gasteiger partial charge in [-0.3, -0.25) is 4.79 Å². The molecule has 33 heavy (non-hydrogen) atoms. The molecule has 1 aromatic heterocycles. The number of aryl methyl sites for hydroxylation is 3. The highest BCUT2D eigenvalue weighted by molar-refractivity contribution is 7.93. The summed E-state index contributed by atoms with van der Waals surface area (Å²) < 4.78 is 28.1. The first-order valence-corrected chi connectivity index (χ1v) is 12.9. The Morgan fingerprint density at radius 3 is 2.36 bits per heavy atom. The Balaban J connectivity index is 1.63. The highest BCUT2D eigenvalue weighted by Crippen LogP contribution is 2.42. The Bertz CT molecular complexity index is 1290. The fourth-order valence-electron chi connectivity index (χ4n) is 4.85. The van der Waals surface area contributed by atoms with Crippen LogP contribution in [0.2, 0.25) is 0 Å². The molecule has 0 radical (unpaired) electrons. The largest absolute Gasteiger partial charge is 0.350 e. The summed E-state index contributed by atoms with van der Waals surface area (Å²) in [5.41, 5.74) is 5.14. The number of nitrogens with zero attached hydrogens (tertiary/aromatic N) is 2. The zero-order chi connectivity index (χ0) is 23.8. The third-order valence-electron chi connectivity index (χ3n) is 6.84. The molecule has 1 saturated carbocycles. The maximum absolute atomic E-state index is 13.8. The number of aromatic nitrogens is 2. The number of carbonyl (C=O) groups is 1. The third kappa shape index (κ3) is 3.99. The molecule has 7 heteroatoms. The van der Waals surface area contributed by atoms with Crippen LogP contribution in [0.3, 0.4) is 0 Å². The van der Waals surface area contributed by atoms with Crippen molar-refractivity contribution in [3.8, 4) is 5.69 Å². The Labute approximate surface area is 195 Å². The molecule has 4 rings (SSSR count). The first-order chi connectivity index (χ1) is 15.7. The van der Waals surface area contributed by atoms with Gasteiger partial charge in [-0.1, -0.05) is 43.2 Å². The molecule has 0 spiro atoms. The van der Waals surface area contributed by atoms with E-state index in [0.717, 1.165) is 41.0 Å². The van der Waals surface area contributed by atoms with E-state index >= 15 is 0 Å². The molecule has 1 fully saturated rings. The van der Waals surface area contributed by atoms with Gasteiger partial charge in [0.1, 0.15) is 0 Å². The van der Waals surface area contributed by atoms with Crippen LogP contribution in [0, 0.1) is 27.7 Å². The molecular weight excluding hydrogens is 434 g/mol. The predicted octanol–water partition coefficient (Wildman–Crippen LogP) is 4.51. The van der Waals surface area contributed by atoms with Gasteiger partial charge in [-0.15, -0.1) is 0 Å². The van der Waals surface area contributed by atoms with Crippen LogP contribution in [0.15, 0.2) is 53.4 Å². The molecule has 6 nitrogen and oxygen atoms in total. The van der Waals surface area contributed by atoms with E-state index in [4.69, 9.17) is 0 Å². The number of carbonyl (C=O) groups excluding carboxylic acids is 1. The lowest BCUT2D eigenvalue weighted by Gasteiger charge is -2.28. The Hall–Kier alpha value is -2.93. The smallest absolute Gasteiger partial charge is 0.242 e. The number of amides is 1. The molecule has 1 aliphatic carbocycles. The number of rotatable bonds is 6. The highest BCUT2D eigenvalue weighted by atomic mass is 32.2. The maximum Gasteiger partial charge on any atom is 0.242 e. The summed E-state index contributed by atoms with van der Waals surface area (Å²) in [6.45, 7) is 7.78. The van der Waals surface area contributed by atoms with E-state index in [1.165, 1.54) is 0 Å². The topological polar surface area (TPSA) is 81.1 Å². The van der Waals surface area contributed by atoms with Crippen LogP contribution in [0.4, 0.5) is 0 Å². The minimum absolute atomic E-state index is 0.243. The van der Waals surface area contributed by atoms with Crippen molar-refractivity contribution >= 4 is 15.7 Å². The normalized spacial score (nSPS) is 15.5. The van der Waals surface area contributed by atoms with Crippen molar-refractivity contribution in [3.05, 3.63) is 76.6 Å². The standard InChI is InChI=1S/C26H31N3O3S/c1-18-12-13-19(2)24(16-18)33(31,32)26(14-8-9-15-26)25(30)27-17-23-20(3)28-29(21(23)4)22-10-6-5-7-11-22/h5-7,10-13,16H,8-9,14-15,17H2,1-4H3,(H,27,30). The molecule has 1 aliphatic rings. The molecule has 1 heterocycles. The van der Waals surface area contributed by atoms with Gasteiger partial charge >= 0.3 is 0 Å². The van der Waals surface area contributed by atoms with Crippen molar-refractivity contribution in [1.29, 1.82) is 0 Å². The SMILES string of the molecule is Cc1ccc(C)c(S(=O)(=O)C2(C(=O)NCc3c(C)nn(-c4ccccc4)c3C)CCCC2)c1. The van der Waals surface area contributed by atoms with Crippen molar-refractivity contribution < 1.29 is 13.2 Å². The van der Waals surface area contributed by atoms with Crippen molar-refractivity contribution in [3.63, 3.8) is 0 Å². The molecule has 0 unspecified atom stereocenters. The zero-order valence-electron chi connectivity index (χ0n) is 19.7. The van der Waals surface area contributed by atoms with Crippen molar-refractivity contribution in [2.24, 2.45) is 0 Å². The average Bonchev–Trinajstić information content (AvgIpc) is 3.41. The molecule has 0 atom stereocenters. The van der Waals surface area contributed by atoms with Gasteiger partial charge in [0.2, 0.25) is 5.91 Å². The van der Waals surface area contributed by atoms with Gasteiger partial charge in [0, 0.05) is 17.8 Å². The summed E-state index contributed by atoms with van der Waals surface area (Å²) in [4.78, 5) is 13.8. The Morgan fingerprint density at radius 1 is 1.03 bits per heavy atom. The fraction of sp³-hybridized carbons (Fsp3) is 0.385. The molecule has 2 aromatic carbocycles. The van der Waals surface area contributed by atoms with E-state index in [0.29, 0.717) is 18.4 Å². The first-order valence-electron chi connectivity index (χ1n) is 11.4. The predicted molar refractivity (Wildman–Crippen MR) is 129 cm³/mol. The highest BCUT2D eigenvalue weighted by Gasteiger charge is 2.53. The van der Waals surface area contributed by atoms with Crippen LogP contribution < -0.4 is 5.32 Å². The number of hydrogen-bond acceptors (Lipinski definition) is 4. The molecular formula is C26H31N3O3S. The van der Waals surface area contributed by atoms with E-state index in [1.807, 2.05) is 67.9 Å². The third-order valence-corrected chi connectivity index (χ3v) is 9.48. The van der Waals surface area contributed by atoms with Crippen LogP contribution >= 0.6 is 0 Å². The van der Waals surface area contributed by atoms with Gasteiger partial charge in [-0.05, 0) is 69.9 Å². The quantitative estimate of drug-likeness (QED) is 0.581. The number of benzene rings is 2. The summed E-state index contributed by atoms with van der Waals surface area (Å²) in [5.74, 6) is -0.410. The van der Waals surface area contributed by atoms with Gasteiger partial charge in [0.25, 0.3) is 0 Å². The van der Waals surface area contributed by atoms with Crippen molar-refractivity contribution in [2.75, 3.05) is 0 Å². The molecule has 1 N–H and O–H groups in total. The molecule has 0 aliphatic heterocycles. The molecule has 0 bridgehead atoms. The monoisotopic (exact) mass is 465 g/mol. The first kappa shape index (κ1) is 23.2. The van der Waals surface area contributed by atoms with E-state index in [-0.39, 0.29) is 11.4 Å². The average molecular weight is 466 g/mol. The van der Waals surface area contributed by atoms with Crippen LogP contribution in [0.1, 0.15) is 53.8 Å². The lowest BCUT2D eigenvalue weighted by Crippen LogP contribution is -2.50. The number of sulfone groups is 1. The summed E-state index contributed by atoms with van der Waals surface area (Å²) in [5, 5.41) is 7.60. The summed E-state index contributed by atoms with van der Waals surface area (Å²) in [7, 11) is -3.85. The zero-order valence-corrected chi connectivity index (χ0v) is 20.5. The van der Waals surface area contributed by atoms with Gasteiger partial charge in [0.15, 0.2) is 14.6 Å². The summed E-state index contributed by atoms with van der Waals surface area (Å²) in [6.07, 6.45) is 2.13. The van der Waals surface area contributed by atoms with E-state index in [9.17, 15) is 13.2 Å². The van der Waals surface area contributed by atoms with E-state index < -0.39 is 20.5 Å². The lowest BCUT2D eigenvalue weighted by molar-refractivity contribution is -0.123. The van der Waals surface area contributed by atoms with Crippen LogP contribution in [-0.2, 0) is 21.2 Å². The minimum atomic E-state index is -3.85. The number of hydrogen-bond donors (Lipinski definition) is 1. The van der Waals surface area contributed by atoms with Crippen LogP contribution in [0.25, 0.3) is 5.69 Å². The Kier molecular flexibility index (Phi) is 6.18. The van der Waals surface area contributed by atoms with Crippen molar-refractivity contribution in [1.82, 2.24) is 15.1 Å². The molecule has 0 saturated heterocycles. The lowest BCUT2D eigenvalue weighted by atomic mass is 10.1. The van der Waals surface area contributed by atoms with Crippen LogP contribution in [0.5, 0.6) is 0 Å². The van der Waals surface area contributed by atoms with E-state index in [1.54, 1.807) is 13.0 Å². The number of nitrogens with one attached hydrogen (secondary N) is 1. The molecule has 174 valence electrons. The summed E-state index contributed by atoms with van der Waals surface area (Å²) in [6, 6.07) is 15.2. The van der Waals surface area contributed by atoms with E-state index in [2.05, 4.69) is 10.4 Å². The second-order valence-corrected chi connectivity index (χ2v) is 11.3. The van der Waals surface area contributed by atoms with Gasteiger partial charge < -0.3 is 5.32 Å². The Morgan fingerprint density at radius 2 is 1.70 bits per heavy atom. The fourth-order valence-corrected chi connectivity index (χ4v) is 7.25. The van der Waals surface area contributed by atoms with Gasteiger partial charge in [-0.2, -0.15) is 5.10 Å².